The summed E-state index contributed by atoms with van der Waals surface area (Å²) in [4.78, 5) is 2.57. The first kappa shape index (κ1) is 16.0. The molecule has 3 rings (SSSR count). The minimum atomic E-state index is 0.289. The number of benzene rings is 2. The fourth-order valence-corrected chi connectivity index (χ4v) is 3.55. The van der Waals surface area contributed by atoms with Crippen molar-refractivity contribution in [3.8, 4) is 0 Å². The third-order valence-electron chi connectivity index (χ3n) is 4.98. The molecular formula is C22H27N. The van der Waals surface area contributed by atoms with Crippen LogP contribution in [0.5, 0.6) is 0 Å². The van der Waals surface area contributed by atoms with Gasteiger partial charge in [-0.1, -0.05) is 79.7 Å². The molecule has 0 bridgehead atoms. The molecule has 23 heavy (non-hydrogen) atoms. The SMILES string of the molecule is C=C(CN1CCC(C)CC1)C(c1ccccc1)c1ccccc1. The van der Waals surface area contributed by atoms with Crippen molar-refractivity contribution in [3.63, 3.8) is 0 Å². The molecule has 0 aromatic heterocycles. The second-order valence-electron chi connectivity index (χ2n) is 6.87. The predicted molar refractivity (Wildman–Crippen MR) is 98.7 cm³/mol. The Morgan fingerprint density at radius 2 is 1.43 bits per heavy atom. The van der Waals surface area contributed by atoms with E-state index in [0.29, 0.717) is 0 Å². The highest BCUT2D eigenvalue weighted by Gasteiger charge is 2.21. The van der Waals surface area contributed by atoms with Crippen LogP contribution in [0.15, 0.2) is 72.8 Å². The third-order valence-corrected chi connectivity index (χ3v) is 4.98. The molecule has 2 aromatic carbocycles. The second kappa shape index (κ2) is 7.61. The van der Waals surface area contributed by atoms with Crippen molar-refractivity contribution in [1.82, 2.24) is 4.90 Å². The highest BCUT2D eigenvalue weighted by atomic mass is 15.1. The van der Waals surface area contributed by atoms with E-state index in [0.717, 1.165) is 12.5 Å². The van der Waals surface area contributed by atoms with E-state index >= 15 is 0 Å². The van der Waals surface area contributed by atoms with Gasteiger partial charge in [0.2, 0.25) is 0 Å². The van der Waals surface area contributed by atoms with Crippen molar-refractivity contribution in [1.29, 1.82) is 0 Å². The summed E-state index contributed by atoms with van der Waals surface area (Å²) in [5.41, 5.74) is 3.99. The molecule has 0 unspecified atom stereocenters. The van der Waals surface area contributed by atoms with Crippen molar-refractivity contribution in [2.75, 3.05) is 19.6 Å². The quantitative estimate of drug-likeness (QED) is 0.694. The van der Waals surface area contributed by atoms with Gasteiger partial charge in [0, 0.05) is 12.5 Å². The van der Waals surface area contributed by atoms with E-state index in [2.05, 4.69) is 79.1 Å². The summed E-state index contributed by atoms with van der Waals surface area (Å²) in [6, 6.07) is 21.6. The van der Waals surface area contributed by atoms with Crippen molar-refractivity contribution < 1.29 is 0 Å². The number of hydrogen-bond donors (Lipinski definition) is 0. The van der Waals surface area contributed by atoms with Gasteiger partial charge in [0.05, 0.1) is 0 Å². The van der Waals surface area contributed by atoms with E-state index in [1.807, 2.05) is 0 Å². The van der Waals surface area contributed by atoms with E-state index in [1.165, 1.54) is 42.6 Å². The molecular weight excluding hydrogens is 278 g/mol. The Kier molecular flexibility index (Phi) is 5.30. The molecule has 1 heterocycles. The average molecular weight is 305 g/mol. The second-order valence-corrected chi connectivity index (χ2v) is 6.87. The van der Waals surface area contributed by atoms with Crippen LogP contribution in [-0.2, 0) is 0 Å². The molecule has 0 N–H and O–H groups in total. The molecule has 1 saturated heterocycles. The predicted octanol–water partition coefficient (Wildman–Crippen LogP) is 5.11. The summed E-state index contributed by atoms with van der Waals surface area (Å²) in [6.45, 7) is 10.3. The first-order chi connectivity index (χ1) is 11.2. The van der Waals surface area contributed by atoms with Crippen LogP contribution in [0.2, 0.25) is 0 Å². The highest BCUT2D eigenvalue weighted by Crippen LogP contribution is 2.32. The Labute approximate surface area is 140 Å². The van der Waals surface area contributed by atoms with Gasteiger partial charge in [-0.25, -0.2) is 0 Å². The topological polar surface area (TPSA) is 3.24 Å². The van der Waals surface area contributed by atoms with Crippen LogP contribution in [0.4, 0.5) is 0 Å². The van der Waals surface area contributed by atoms with Crippen molar-refractivity contribution in [2.24, 2.45) is 5.92 Å². The average Bonchev–Trinajstić information content (AvgIpc) is 2.59. The fraction of sp³-hybridized carbons (Fsp3) is 0.364. The molecule has 0 aliphatic carbocycles. The molecule has 1 aliphatic heterocycles. The van der Waals surface area contributed by atoms with E-state index in [1.54, 1.807) is 0 Å². The largest absolute Gasteiger partial charge is 0.299 e. The van der Waals surface area contributed by atoms with Crippen LogP contribution < -0.4 is 0 Å². The van der Waals surface area contributed by atoms with E-state index in [-0.39, 0.29) is 5.92 Å². The summed E-state index contributed by atoms with van der Waals surface area (Å²) < 4.78 is 0. The van der Waals surface area contributed by atoms with Crippen LogP contribution in [0.3, 0.4) is 0 Å². The van der Waals surface area contributed by atoms with Crippen LogP contribution in [0.1, 0.15) is 36.8 Å². The number of piperidine rings is 1. The Bertz CT molecular complexity index is 569. The highest BCUT2D eigenvalue weighted by molar-refractivity contribution is 5.40. The zero-order chi connectivity index (χ0) is 16.1. The lowest BCUT2D eigenvalue weighted by molar-refractivity contribution is 0.205. The summed E-state index contributed by atoms with van der Waals surface area (Å²) in [5, 5.41) is 0. The number of likely N-dealkylation sites (tertiary alicyclic amines) is 1. The molecule has 1 heteroatoms. The molecule has 120 valence electrons. The van der Waals surface area contributed by atoms with Crippen LogP contribution in [0.25, 0.3) is 0 Å². The van der Waals surface area contributed by atoms with Crippen LogP contribution in [0, 0.1) is 5.92 Å². The summed E-state index contributed by atoms with van der Waals surface area (Å²) in [5.74, 6) is 1.16. The van der Waals surface area contributed by atoms with Gasteiger partial charge in [0.1, 0.15) is 0 Å². The Hall–Kier alpha value is -1.86. The maximum absolute atomic E-state index is 4.48. The summed E-state index contributed by atoms with van der Waals surface area (Å²) >= 11 is 0. The first-order valence-electron chi connectivity index (χ1n) is 8.74. The lowest BCUT2D eigenvalue weighted by atomic mass is 9.85. The van der Waals surface area contributed by atoms with Gasteiger partial charge in [-0.2, -0.15) is 0 Å². The van der Waals surface area contributed by atoms with Crippen molar-refractivity contribution >= 4 is 0 Å². The normalized spacial score (nSPS) is 16.6. The van der Waals surface area contributed by atoms with Gasteiger partial charge < -0.3 is 0 Å². The molecule has 0 radical (unpaired) electrons. The van der Waals surface area contributed by atoms with E-state index in [4.69, 9.17) is 0 Å². The lowest BCUT2D eigenvalue weighted by Crippen LogP contribution is -2.35. The first-order valence-corrected chi connectivity index (χ1v) is 8.74. The summed E-state index contributed by atoms with van der Waals surface area (Å²) in [6.07, 6.45) is 2.63. The maximum Gasteiger partial charge on any atom is 0.0308 e. The monoisotopic (exact) mass is 305 g/mol. The molecule has 0 saturated carbocycles. The lowest BCUT2D eigenvalue weighted by Gasteiger charge is -2.32. The molecule has 0 spiro atoms. The maximum atomic E-state index is 4.48. The standard InChI is InChI=1S/C22H27N/c1-18-13-15-23(16-14-18)17-19(2)22(20-9-5-3-6-10-20)21-11-7-4-8-12-21/h3-12,18,22H,2,13-17H2,1H3. The number of rotatable bonds is 5. The molecule has 1 nitrogen and oxygen atoms in total. The Morgan fingerprint density at radius 1 is 0.957 bits per heavy atom. The number of nitrogens with zero attached hydrogens (tertiary/aromatic N) is 1. The van der Waals surface area contributed by atoms with Crippen molar-refractivity contribution in [2.45, 2.75) is 25.7 Å². The number of hydrogen-bond acceptors (Lipinski definition) is 1. The minimum absolute atomic E-state index is 0.289. The van der Waals surface area contributed by atoms with Gasteiger partial charge in [-0.3, -0.25) is 4.90 Å². The Balaban J connectivity index is 1.79. The fourth-order valence-electron chi connectivity index (χ4n) is 3.55. The van der Waals surface area contributed by atoms with Crippen LogP contribution >= 0.6 is 0 Å². The molecule has 0 atom stereocenters. The van der Waals surface area contributed by atoms with Gasteiger partial charge in [0.25, 0.3) is 0 Å². The van der Waals surface area contributed by atoms with Gasteiger partial charge >= 0.3 is 0 Å². The van der Waals surface area contributed by atoms with Gasteiger partial charge in [-0.05, 0) is 43.0 Å². The van der Waals surface area contributed by atoms with Crippen LogP contribution in [-0.4, -0.2) is 24.5 Å². The molecule has 2 aromatic rings. The van der Waals surface area contributed by atoms with E-state index < -0.39 is 0 Å². The van der Waals surface area contributed by atoms with Gasteiger partial charge in [0.15, 0.2) is 0 Å². The molecule has 1 aliphatic rings. The third kappa shape index (κ3) is 4.11. The summed E-state index contributed by atoms with van der Waals surface area (Å²) in [7, 11) is 0. The zero-order valence-electron chi connectivity index (χ0n) is 14.1. The zero-order valence-corrected chi connectivity index (χ0v) is 14.1. The Morgan fingerprint density at radius 3 is 1.91 bits per heavy atom. The van der Waals surface area contributed by atoms with Gasteiger partial charge in [-0.15, -0.1) is 0 Å². The molecule has 1 fully saturated rings. The smallest absolute Gasteiger partial charge is 0.0308 e. The van der Waals surface area contributed by atoms with Crippen molar-refractivity contribution in [3.05, 3.63) is 83.9 Å². The molecule has 0 amide bonds. The minimum Gasteiger partial charge on any atom is -0.299 e. The van der Waals surface area contributed by atoms with E-state index in [9.17, 15) is 0 Å².